The van der Waals surface area contributed by atoms with E-state index < -0.39 is 0 Å². The summed E-state index contributed by atoms with van der Waals surface area (Å²) in [6, 6.07) is 11.5. The van der Waals surface area contributed by atoms with Crippen molar-refractivity contribution in [3.05, 3.63) is 52.2 Å². The van der Waals surface area contributed by atoms with Gasteiger partial charge >= 0.3 is 0 Å². The molecule has 1 fully saturated rings. The van der Waals surface area contributed by atoms with Gasteiger partial charge in [-0.05, 0) is 48.9 Å². The number of hydrogen-bond donors (Lipinski definition) is 2. The molecule has 1 aromatic heterocycles. The third-order valence-electron chi connectivity index (χ3n) is 4.92. The number of benzene rings is 1. The Bertz CT molecular complexity index is 786. The summed E-state index contributed by atoms with van der Waals surface area (Å²) in [6.07, 6.45) is 2.64. The summed E-state index contributed by atoms with van der Waals surface area (Å²) in [7, 11) is 0. The first kappa shape index (κ1) is 21.3. The second kappa shape index (κ2) is 11.0. The fourth-order valence-corrected chi connectivity index (χ4v) is 3.92. The summed E-state index contributed by atoms with van der Waals surface area (Å²) >= 11 is 1.65. The van der Waals surface area contributed by atoms with Crippen LogP contribution < -0.4 is 15.4 Å². The van der Waals surface area contributed by atoms with Crippen molar-refractivity contribution in [3.63, 3.8) is 0 Å². The lowest BCUT2D eigenvalue weighted by Gasteiger charge is -2.31. The van der Waals surface area contributed by atoms with Crippen LogP contribution in [-0.2, 0) is 11.4 Å². The molecule has 2 N–H and O–H groups in total. The van der Waals surface area contributed by atoms with Gasteiger partial charge in [-0.2, -0.15) is 0 Å². The van der Waals surface area contributed by atoms with E-state index >= 15 is 0 Å². The van der Waals surface area contributed by atoms with Crippen LogP contribution in [0.2, 0.25) is 0 Å². The van der Waals surface area contributed by atoms with Crippen molar-refractivity contribution in [3.8, 4) is 5.75 Å². The maximum atomic E-state index is 12.6. The molecular weight excluding hydrogens is 386 g/mol. The molecule has 2 amide bonds. The number of piperidine rings is 1. The van der Waals surface area contributed by atoms with Crippen LogP contribution in [-0.4, -0.2) is 48.9 Å². The van der Waals surface area contributed by atoms with Crippen molar-refractivity contribution < 1.29 is 14.3 Å². The summed E-state index contributed by atoms with van der Waals surface area (Å²) < 4.78 is 5.80. The highest BCUT2D eigenvalue weighted by Crippen LogP contribution is 2.18. The van der Waals surface area contributed by atoms with Gasteiger partial charge in [0.15, 0.2) is 0 Å². The van der Waals surface area contributed by atoms with E-state index in [2.05, 4.69) is 15.5 Å². The van der Waals surface area contributed by atoms with Crippen LogP contribution in [0, 0.1) is 0 Å². The number of carbonyl (C=O) groups is 2. The van der Waals surface area contributed by atoms with Crippen molar-refractivity contribution >= 4 is 23.2 Å². The van der Waals surface area contributed by atoms with Crippen molar-refractivity contribution in [2.75, 3.05) is 26.2 Å². The van der Waals surface area contributed by atoms with Gasteiger partial charge in [-0.1, -0.05) is 19.1 Å². The van der Waals surface area contributed by atoms with Gasteiger partial charge in [0, 0.05) is 36.1 Å². The highest BCUT2D eigenvalue weighted by atomic mass is 32.1. The minimum absolute atomic E-state index is 0.0775. The van der Waals surface area contributed by atoms with Crippen molar-refractivity contribution in [2.24, 2.45) is 0 Å². The first-order valence-corrected chi connectivity index (χ1v) is 11.1. The quantitative estimate of drug-likeness (QED) is 0.660. The Hall–Kier alpha value is -2.38. The standard InChI is InChI=1S/C22H29N3O3S/c1-2-10-23-21(26)15-25-11-8-18(9-12-25)24-22(27)17-5-3-6-19(14-17)28-16-20-7-4-13-29-20/h3-7,13-14,18H,2,8-12,15-16H2,1H3,(H,23,26)(H,24,27). The van der Waals surface area contributed by atoms with Gasteiger partial charge in [-0.3, -0.25) is 14.5 Å². The highest BCUT2D eigenvalue weighted by molar-refractivity contribution is 7.09. The fourth-order valence-electron chi connectivity index (χ4n) is 3.30. The van der Waals surface area contributed by atoms with Crippen LogP contribution in [0.3, 0.4) is 0 Å². The van der Waals surface area contributed by atoms with E-state index in [1.807, 2.05) is 36.6 Å². The predicted molar refractivity (Wildman–Crippen MR) is 115 cm³/mol. The Labute approximate surface area is 176 Å². The van der Waals surface area contributed by atoms with Gasteiger partial charge in [0.1, 0.15) is 12.4 Å². The zero-order chi connectivity index (χ0) is 20.5. The average Bonchev–Trinajstić information content (AvgIpc) is 3.26. The largest absolute Gasteiger partial charge is 0.488 e. The molecule has 0 bridgehead atoms. The van der Waals surface area contributed by atoms with Crippen LogP contribution in [0.25, 0.3) is 0 Å². The maximum absolute atomic E-state index is 12.6. The lowest BCUT2D eigenvalue weighted by Crippen LogP contribution is -2.47. The third-order valence-corrected chi connectivity index (χ3v) is 5.77. The molecule has 7 heteroatoms. The SMILES string of the molecule is CCCNC(=O)CN1CCC(NC(=O)c2cccc(OCc3cccs3)c2)CC1. The molecule has 1 aromatic carbocycles. The molecule has 1 saturated heterocycles. The Morgan fingerprint density at radius 1 is 1.21 bits per heavy atom. The summed E-state index contributed by atoms with van der Waals surface area (Å²) in [5.41, 5.74) is 0.607. The summed E-state index contributed by atoms with van der Waals surface area (Å²) in [4.78, 5) is 27.8. The second-order valence-corrected chi connectivity index (χ2v) is 8.30. The molecule has 0 atom stereocenters. The number of nitrogens with zero attached hydrogens (tertiary/aromatic N) is 1. The number of ether oxygens (including phenoxy) is 1. The normalized spacial score (nSPS) is 15.1. The van der Waals surface area contributed by atoms with Crippen LogP contribution in [0.15, 0.2) is 41.8 Å². The van der Waals surface area contributed by atoms with Gasteiger partial charge < -0.3 is 15.4 Å². The van der Waals surface area contributed by atoms with E-state index in [9.17, 15) is 9.59 Å². The number of thiophene rings is 1. The van der Waals surface area contributed by atoms with Crippen LogP contribution in [0.4, 0.5) is 0 Å². The number of rotatable bonds is 9. The van der Waals surface area contributed by atoms with Crippen molar-refractivity contribution in [1.82, 2.24) is 15.5 Å². The molecule has 6 nitrogen and oxygen atoms in total. The average molecular weight is 416 g/mol. The molecule has 156 valence electrons. The van der Waals surface area contributed by atoms with Gasteiger partial charge in [0.25, 0.3) is 5.91 Å². The number of hydrogen-bond acceptors (Lipinski definition) is 5. The van der Waals surface area contributed by atoms with E-state index in [0.29, 0.717) is 24.5 Å². The first-order valence-electron chi connectivity index (χ1n) is 10.2. The number of carbonyl (C=O) groups excluding carboxylic acids is 2. The minimum Gasteiger partial charge on any atom is -0.488 e. The maximum Gasteiger partial charge on any atom is 0.251 e. The smallest absolute Gasteiger partial charge is 0.251 e. The fraction of sp³-hybridized carbons (Fsp3) is 0.455. The van der Waals surface area contributed by atoms with E-state index in [-0.39, 0.29) is 17.9 Å². The number of amides is 2. The van der Waals surface area contributed by atoms with Gasteiger partial charge in [-0.15, -0.1) is 11.3 Å². The van der Waals surface area contributed by atoms with Crippen molar-refractivity contribution in [1.29, 1.82) is 0 Å². The minimum atomic E-state index is -0.0780. The molecule has 2 aromatic rings. The molecule has 0 aliphatic carbocycles. The Kier molecular flexibility index (Phi) is 8.07. The van der Waals surface area contributed by atoms with Gasteiger partial charge in [-0.25, -0.2) is 0 Å². The molecule has 29 heavy (non-hydrogen) atoms. The molecule has 2 heterocycles. The van der Waals surface area contributed by atoms with Gasteiger partial charge in [0.2, 0.25) is 5.91 Å². The summed E-state index contributed by atoms with van der Waals surface area (Å²) in [5, 5.41) is 8.05. The molecule has 3 rings (SSSR count). The van der Waals surface area contributed by atoms with Gasteiger partial charge in [0.05, 0.1) is 6.54 Å². The van der Waals surface area contributed by atoms with E-state index in [4.69, 9.17) is 4.74 Å². The Morgan fingerprint density at radius 2 is 2.03 bits per heavy atom. The van der Waals surface area contributed by atoms with Crippen LogP contribution in [0.5, 0.6) is 5.75 Å². The lowest BCUT2D eigenvalue weighted by atomic mass is 10.0. The molecule has 0 radical (unpaired) electrons. The zero-order valence-corrected chi connectivity index (χ0v) is 17.7. The Morgan fingerprint density at radius 3 is 2.76 bits per heavy atom. The molecular formula is C22H29N3O3S. The molecule has 1 aliphatic rings. The highest BCUT2D eigenvalue weighted by Gasteiger charge is 2.22. The van der Waals surface area contributed by atoms with E-state index in [1.54, 1.807) is 23.5 Å². The molecule has 0 unspecified atom stereocenters. The van der Waals surface area contributed by atoms with Crippen LogP contribution in [0.1, 0.15) is 41.4 Å². The van der Waals surface area contributed by atoms with E-state index in [1.165, 1.54) is 0 Å². The molecule has 0 spiro atoms. The summed E-state index contributed by atoms with van der Waals surface area (Å²) in [5.74, 6) is 0.693. The lowest BCUT2D eigenvalue weighted by molar-refractivity contribution is -0.122. The van der Waals surface area contributed by atoms with Crippen LogP contribution >= 0.6 is 11.3 Å². The monoisotopic (exact) mass is 415 g/mol. The molecule has 1 aliphatic heterocycles. The summed E-state index contributed by atoms with van der Waals surface area (Å²) in [6.45, 7) is 5.34. The zero-order valence-electron chi connectivity index (χ0n) is 16.9. The topological polar surface area (TPSA) is 70.7 Å². The number of nitrogens with one attached hydrogen (secondary N) is 2. The predicted octanol–water partition coefficient (Wildman–Crippen LogP) is 3.05. The second-order valence-electron chi connectivity index (χ2n) is 7.27. The van der Waals surface area contributed by atoms with Crippen molar-refractivity contribution in [2.45, 2.75) is 38.8 Å². The van der Waals surface area contributed by atoms with E-state index in [0.717, 1.165) is 43.8 Å². The number of likely N-dealkylation sites (tertiary alicyclic amines) is 1. The third kappa shape index (κ3) is 6.87. The Balaban J connectivity index is 1.43. The first-order chi connectivity index (χ1) is 14.1. The molecule has 0 saturated carbocycles.